The van der Waals surface area contributed by atoms with Crippen LogP contribution < -0.4 is 25.0 Å². The van der Waals surface area contributed by atoms with E-state index in [0.717, 1.165) is 6.07 Å². The lowest BCUT2D eigenvalue weighted by molar-refractivity contribution is 0.102. The molecule has 5 rings (SSSR count). The number of rotatable bonds is 7. The molecule has 0 unspecified atom stereocenters. The van der Waals surface area contributed by atoms with E-state index in [4.69, 9.17) is 14.2 Å². The molecule has 0 aliphatic carbocycles. The zero-order valence-corrected chi connectivity index (χ0v) is 22.5. The predicted molar refractivity (Wildman–Crippen MR) is 151 cm³/mol. The molecule has 0 saturated heterocycles. The highest BCUT2D eigenvalue weighted by molar-refractivity contribution is 6.04. The van der Waals surface area contributed by atoms with Crippen LogP contribution in [0, 0.1) is 5.82 Å². The number of fused-ring (bicyclic) bond motifs is 1. The molecule has 204 valence electrons. The number of methoxy groups -OCH3 is 2. The lowest BCUT2D eigenvalue weighted by Crippen LogP contribution is -2.24. The SMILES string of the molecule is COc1cc2nccc(Oc3ccc(NC(=O)c4cn(C)cc(-c5ccccc5)c4=O)cc3F)c2nc1OC.Cl. The number of amides is 1. The van der Waals surface area contributed by atoms with Crippen molar-refractivity contribution < 1.29 is 23.4 Å². The van der Waals surface area contributed by atoms with Crippen molar-refractivity contribution in [3.05, 3.63) is 101 Å². The number of nitrogens with one attached hydrogen (secondary N) is 1. The van der Waals surface area contributed by atoms with E-state index in [1.807, 2.05) is 18.2 Å². The molecule has 0 fully saturated rings. The Morgan fingerprint density at radius 1 is 0.950 bits per heavy atom. The molecule has 0 aliphatic rings. The van der Waals surface area contributed by atoms with E-state index in [0.29, 0.717) is 27.9 Å². The highest BCUT2D eigenvalue weighted by Crippen LogP contribution is 2.35. The third-order valence-electron chi connectivity index (χ3n) is 5.91. The van der Waals surface area contributed by atoms with Crippen LogP contribution in [0.15, 0.2) is 84.0 Å². The van der Waals surface area contributed by atoms with Gasteiger partial charge in [-0.3, -0.25) is 14.6 Å². The largest absolute Gasteiger partial charge is 0.491 e. The number of hydrogen-bond donors (Lipinski definition) is 1. The number of ether oxygens (including phenoxy) is 3. The molecular weight excluding hydrogens is 539 g/mol. The monoisotopic (exact) mass is 562 g/mol. The van der Waals surface area contributed by atoms with E-state index in [2.05, 4.69) is 15.3 Å². The Bertz CT molecular complexity index is 1760. The van der Waals surface area contributed by atoms with Gasteiger partial charge in [0.1, 0.15) is 11.1 Å². The second-order valence-electron chi connectivity index (χ2n) is 8.52. The summed E-state index contributed by atoms with van der Waals surface area (Å²) in [6.07, 6.45) is 4.59. The number of hydrogen-bond acceptors (Lipinski definition) is 7. The zero-order valence-electron chi connectivity index (χ0n) is 21.7. The van der Waals surface area contributed by atoms with Crippen LogP contribution in [0.4, 0.5) is 10.1 Å². The van der Waals surface area contributed by atoms with E-state index in [1.54, 1.807) is 42.1 Å². The molecule has 1 amide bonds. The van der Waals surface area contributed by atoms with Crippen LogP contribution in [0.25, 0.3) is 22.2 Å². The maximum atomic E-state index is 15.1. The van der Waals surface area contributed by atoms with E-state index in [9.17, 15) is 9.59 Å². The molecule has 0 atom stereocenters. The number of benzene rings is 2. The van der Waals surface area contributed by atoms with Crippen LogP contribution in [0.3, 0.4) is 0 Å². The number of aryl methyl sites for hydroxylation is 1. The summed E-state index contributed by atoms with van der Waals surface area (Å²) in [5.74, 6) is -0.623. The van der Waals surface area contributed by atoms with Gasteiger partial charge in [-0.2, -0.15) is 0 Å². The first-order chi connectivity index (χ1) is 18.9. The van der Waals surface area contributed by atoms with Crippen LogP contribution in [0.1, 0.15) is 10.4 Å². The van der Waals surface area contributed by atoms with Crippen LogP contribution in [0.2, 0.25) is 0 Å². The second-order valence-corrected chi connectivity index (χ2v) is 8.52. The van der Waals surface area contributed by atoms with E-state index < -0.39 is 17.2 Å². The van der Waals surface area contributed by atoms with Crippen molar-refractivity contribution in [3.63, 3.8) is 0 Å². The molecule has 0 radical (unpaired) electrons. The number of carbonyl (C=O) groups excluding carboxylic acids is 1. The fourth-order valence-electron chi connectivity index (χ4n) is 4.06. The lowest BCUT2D eigenvalue weighted by atomic mass is 10.0. The normalized spacial score (nSPS) is 10.5. The quantitative estimate of drug-likeness (QED) is 0.274. The molecule has 3 heterocycles. The van der Waals surface area contributed by atoms with Gasteiger partial charge in [-0.05, 0) is 17.7 Å². The summed E-state index contributed by atoms with van der Waals surface area (Å²) >= 11 is 0. The smallest absolute Gasteiger partial charge is 0.261 e. The van der Waals surface area contributed by atoms with Crippen LogP contribution in [-0.2, 0) is 7.05 Å². The van der Waals surface area contributed by atoms with Gasteiger partial charge in [0.05, 0.1) is 19.7 Å². The summed E-state index contributed by atoms with van der Waals surface area (Å²) < 4.78 is 33.0. The van der Waals surface area contributed by atoms with Crippen LogP contribution >= 0.6 is 12.4 Å². The first-order valence-corrected chi connectivity index (χ1v) is 11.8. The minimum atomic E-state index is -0.732. The molecule has 2 aromatic carbocycles. The Morgan fingerprint density at radius 3 is 2.42 bits per heavy atom. The first-order valence-electron chi connectivity index (χ1n) is 11.8. The van der Waals surface area contributed by atoms with Crippen molar-refractivity contribution in [2.24, 2.45) is 7.05 Å². The summed E-state index contributed by atoms with van der Waals surface area (Å²) in [5, 5.41) is 2.59. The van der Waals surface area contributed by atoms with Gasteiger partial charge >= 0.3 is 0 Å². The van der Waals surface area contributed by atoms with Crippen LogP contribution in [-0.4, -0.2) is 34.7 Å². The molecular formula is C29H24ClFN4O5. The van der Waals surface area contributed by atoms with Gasteiger partial charge in [0, 0.05) is 55.1 Å². The Kier molecular flexibility index (Phi) is 8.30. The fourth-order valence-corrected chi connectivity index (χ4v) is 4.06. The van der Waals surface area contributed by atoms with Crippen LogP contribution in [0.5, 0.6) is 23.1 Å². The highest BCUT2D eigenvalue weighted by Gasteiger charge is 2.18. The topological polar surface area (TPSA) is 105 Å². The van der Waals surface area contributed by atoms with E-state index in [1.165, 1.54) is 38.7 Å². The van der Waals surface area contributed by atoms with Gasteiger partial charge < -0.3 is 24.1 Å². The maximum Gasteiger partial charge on any atom is 0.261 e. The van der Waals surface area contributed by atoms with Gasteiger partial charge in [0.2, 0.25) is 5.43 Å². The molecule has 0 aliphatic heterocycles. The van der Waals surface area contributed by atoms with Crippen molar-refractivity contribution in [2.45, 2.75) is 0 Å². The second kappa shape index (κ2) is 11.8. The number of anilines is 1. The van der Waals surface area contributed by atoms with Crippen molar-refractivity contribution in [1.82, 2.24) is 14.5 Å². The Labute approximate surface area is 234 Å². The average molecular weight is 563 g/mol. The minimum Gasteiger partial charge on any atom is -0.491 e. The number of aromatic nitrogens is 3. The van der Waals surface area contributed by atoms with Crippen molar-refractivity contribution in [1.29, 1.82) is 0 Å². The maximum absolute atomic E-state index is 15.1. The number of halogens is 2. The van der Waals surface area contributed by atoms with Gasteiger partial charge in [-0.25, -0.2) is 9.37 Å². The van der Waals surface area contributed by atoms with E-state index in [-0.39, 0.29) is 41.0 Å². The summed E-state index contributed by atoms with van der Waals surface area (Å²) in [6, 6.07) is 16.2. The molecule has 11 heteroatoms. The Balaban J connectivity index is 0.00000370. The summed E-state index contributed by atoms with van der Waals surface area (Å²) in [7, 11) is 4.66. The van der Waals surface area contributed by atoms with Crippen molar-refractivity contribution in [3.8, 4) is 34.3 Å². The Hall–Kier alpha value is -4.96. The highest BCUT2D eigenvalue weighted by atomic mass is 35.5. The summed E-state index contributed by atoms with van der Waals surface area (Å²) in [6.45, 7) is 0. The average Bonchev–Trinajstić information content (AvgIpc) is 2.95. The first kappa shape index (κ1) is 28.1. The molecule has 5 aromatic rings. The van der Waals surface area contributed by atoms with Gasteiger partial charge in [-0.1, -0.05) is 30.3 Å². The lowest BCUT2D eigenvalue weighted by Gasteiger charge is -2.13. The van der Waals surface area contributed by atoms with Gasteiger partial charge in [0.15, 0.2) is 23.1 Å². The number of carbonyl (C=O) groups is 1. The van der Waals surface area contributed by atoms with E-state index >= 15 is 4.39 Å². The summed E-state index contributed by atoms with van der Waals surface area (Å²) in [5.41, 5.74) is 1.54. The summed E-state index contributed by atoms with van der Waals surface area (Å²) in [4.78, 5) is 34.7. The predicted octanol–water partition coefficient (Wildman–Crippen LogP) is 5.62. The molecule has 3 aromatic heterocycles. The molecule has 1 N–H and O–H groups in total. The fraction of sp³-hybridized carbons (Fsp3) is 0.103. The Morgan fingerprint density at radius 2 is 1.73 bits per heavy atom. The van der Waals surface area contributed by atoms with Crippen molar-refractivity contribution in [2.75, 3.05) is 19.5 Å². The molecule has 0 spiro atoms. The van der Waals surface area contributed by atoms with Crippen molar-refractivity contribution >= 4 is 35.0 Å². The third-order valence-corrected chi connectivity index (χ3v) is 5.91. The van der Waals surface area contributed by atoms with Gasteiger partial charge in [-0.15, -0.1) is 12.4 Å². The van der Waals surface area contributed by atoms with Gasteiger partial charge in [0.25, 0.3) is 11.8 Å². The molecule has 0 bridgehead atoms. The molecule has 9 nitrogen and oxygen atoms in total. The number of nitrogens with zero attached hydrogens (tertiary/aromatic N) is 3. The standard InChI is InChI=1S/C29H23FN4O5.ClH/c1-34-15-19(17-7-5-4-6-8-17)27(35)20(16-34)28(36)32-18-9-10-23(21(30)13-18)39-24-11-12-31-22-14-25(37-2)29(38-3)33-26(22)24;/h4-16H,1-3H3,(H,32,36);1H. The zero-order chi connectivity index (χ0) is 27.5. The third kappa shape index (κ3) is 5.57. The minimum absolute atomic E-state index is 0. The molecule has 40 heavy (non-hydrogen) atoms. The number of pyridine rings is 3. The molecule has 0 saturated carbocycles.